The van der Waals surface area contributed by atoms with E-state index in [2.05, 4.69) is 20.8 Å². The zero-order chi connectivity index (χ0) is 15.5. The average molecular weight is 669 g/mol. The molecule has 2 N–H and O–H groups in total. The van der Waals surface area contributed by atoms with Crippen LogP contribution in [0.5, 0.6) is 0 Å². The minimum absolute atomic E-state index is 0. The van der Waals surface area contributed by atoms with Gasteiger partial charge in [0.1, 0.15) is 0 Å². The van der Waals surface area contributed by atoms with Crippen molar-refractivity contribution >= 4 is 0 Å². The van der Waals surface area contributed by atoms with Crippen molar-refractivity contribution in [2.45, 2.75) is 70.9 Å². The second kappa shape index (κ2) is 41.9. The van der Waals surface area contributed by atoms with Gasteiger partial charge in [-0.25, -0.2) is 14.2 Å². The first kappa shape index (κ1) is 69.8. The van der Waals surface area contributed by atoms with E-state index < -0.39 is 5.41 Å². The van der Waals surface area contributed by atoms with E-state index in [0.29, 0.717) is 39.6 Å². The Morgan fingerprint density at radius 2 is 1.13 bits per heavy atom. The predicted octanol–water partition coefficient (Wildman–Crippen LogP) is 5.57. The van der Waals surface area contributed by atoms with Crippen LogP contribution in [0.3, 0.4) is 0 Å². The summed E-state index contributed by atoms with van der Waals surface area (Å²) in [7, 11) is 6.80. The van der Waals surface area contributed by atoms with Crippen molar-refractivity contribution in [3.63, 3.8) is 0 Å². The zero-order valence-electron chi connectivity index (χ0n) is 15.2. The van der Waals surface area contributed by atoms with Crippen molar-refractivity contribution in [1.82, 2.24) is 0 Å². The molecule has 0 aromatic carbocycles. The third-order valence-electron chi connectivity index (χ3n) is 2.49. The smallest absolute Gasteiger partial charge is 0.0993 e. The predicted molar refractivity (Wildman–Crippen MR) is 122 cm³/mol. The Morgan fingerprint density at radius 1 is 0.733 bits per heavy atom. The van der Waals surface area contributed by atoms with E-state index in [-0.39, 0.29) is 154 Å². The molecule has 0 amide bonds. The molecule has 0 atom stereocenters. The molecule has 0 fully saturated rings. The first-order chi connectivity index (χ1) is 9.39. The van der Waals surface area contributed by atoms with Gasteiger partial charge in [-0.2, -0.15) is 0 Å². The van der Waals surface area contributed by atoms with Crippen molar-refractivity contribution in [3.05, 3.63) is 27.1 Å². The molecule has 0 unspecified atom stereocenters. The maximum atomic E-state index is 5.64. The molecular weight excluding hydrogens is 615 g/mol. The Kier molecular flexibility index (Phi) is 97.4. The molecule has 0 rings (SSSR count). The third-order valence-corrected chi connectivity index (χ3v) is 2.49. The molecule has 0 aromatic rings. The molecule has 185 valence electrons. The summed E-state index contributed by atoms with van der Waals surface area (Å²) in [5, 5.41) is 0. The Labute approximate surface area is 267 Å². The van der Waals surface area contributed by atoms with Crippen LogP contribution < -0.4 is 0 Å². The summed E-state index contributed by atoms with van der Waals surface area (Å²) in [6.07, 6.45) is 1.38. The van der Waals surface area contributed by atoms with Gasteiger partial charge in [0.2, 0.25) is 0 Å². The third kappa shape index (κ3) is 41.0. The summed E-state index contributed by atoms with van der Waals surface area (Å²) in [5.41, 5.74) is -0.626. The van der Waals surface area contributed by atoms with E-state index in [4.69, 9.17) is 23.7 Å². The van der Waals surface area contributed by atoms with Gasteiger partial charge in [-0.3, -0.25) is 0 Å². The van der Waals surface area contributed by atoms with Crippen LogP contribution in [0.2, 0.25) is 0 Å². The summed E-state index contributed by atoms with van der Waals surface area (Å²) in [5.74, 6) is 0. The topological polar surface area (TPSA) is 77.7 Å². The minimum Gasteiger partial charge on any atom is -0.554 e. The zero-order valence-corrected chi connectivity index (χ0v) is 23.7. The number of hydrogen-bond acceptors (Lipinski definition) is 5. The fourth-order valence-electron chi connectivity index (χ4n) is 1.61. The Morgan fingerprint density at radius 3 is 1.43 bits per heavy atom. The number of hydrogen-bond donors (Lipinski definition) is 0. The second-order valence-electron chi connectivity index (χ2n) is 5.69. The molecule has 0 aliphatic carbocycles. The van der Waals surface area contributed by atoms with Crippen LogP contribution in [0.1, 0.15) is 65.3 Å². The van der Waals surface area contributed by atoms with Crippen LogP contribution in [0, 0.1) is 19.6 Å². The summed E-state index contributed by atoms with van der Waals surface area (Å²) >= 11 is 0. The maximum Gasteiger partial charge on any atom is 0.0993 e. The Balaban J connectivity index is -0.0000000401. The van der Waals surface area contributed by atoms with Crippen LogP contribution in [-0.4, -0.2) is 50.7 Å². The first-order valence-corrected chi connectivity index (χ1v) is 6.57. The molecule has 3 radical (unpaired) electrons. The van der Waals surface area contributed by atoms with Crippen molar-refractivity contribution in [2.24, 2.45) is 5.41 Å². The molecule has 0 saturated carbocycles. The van der Waals surface area contributed by atoms with Gasteiger partial charge in [0.25, 0.3) is 0 Å². The molecule has 30 heavy (non-hydrogen) atoms. The molecule has 0 heterocycles. The summed E-state index contributed by atoms with van der Waals surface area (Å²) in [4.78, 5) is 0. The van der Waals surface area contributed by atoms with E-state index in [1.165, 1.54) is 6.26 Å². The molecule has 6 nitrogen and oxygen atoms in total. The quantitative estimate of drug-likeness (QED) is 0.155. The first-order valence-electron chi connectivity index (χ1n) is 6.57. The van der Waals surface area contributed by atoms with Crippen LogP contribution >= 0.6 is 0 Å². The normalized spacial score (nSPS) is 8.30. The molecule has 0 aliphatic heterocycles. The molecule has 0 aromatic heterocycles. The van der Waals surface area contributed by atoms with E-state index in [9.17, 15) is 0 Å². The summed E-state index contributed by atoms with van der Waals surface area (Å²) in [6.45, 7) is 12.0. The van der Waals surface area contributed by atoms with Crippen LogP contribution in [-0.2, 0) is 122 Å². The van der Waals surface area contributed by atoms with E-state index >= 15 is 0 Å². The standard InChI is InChI=1S/C15H28O5.6CH4.H2O.3Y/c1-7-18-12-15(10-16-5,11-17-6)13-19-8-9-20-14(2,3)4;;;;;;;;;;/h7H,1,5-6,8-13H2,2-4H3;6*1H4;1H2;;;/q-2;;;;;;;;;;. The fourth-order valence-corrected chi connectivity index (χ4v) is 1.61. The number of ether oxygens (including phenoxy) is 5. The van der Waals surface area contributed by atoms with Crippen molar-refractivity contribution in [2.75, 3.05) is 39.6 Å². The largest absolute Gasteiger partial charge is 0.554 e. The second-order valence-corrected chi connectivity index (χ2v) is 5.69. The molecular formula is C21H54O6Y3-2. The van der Waals surface area contributed by atoms with Gasteiger partial charge in [0.15, 0.2) is 0 Å². The van der Waals surface area contributed by atoms with Gasteiger partial charge in [-0.1, -0.05) is 51.1 Å². The summed E-state index contributed by atoms with van der Waals surface area (Å²) < 4.78 is 26.4. The minimum atomic E-state index is -0.459. The van der Waals surface area contributed by atoms with Crippen molar-refractivity contribution < 1.29 is 127 Å². The maximum absolute atomic E-state index is 5.64. The Bertz CT molecular complexity index is 260. The fraction of sp³-hybridized carbons (Fsp3) is 0.810. The van der Waals surface area contributed by atoms with Gasteiger partial charge in [0, 0.05) is 111 Å². The summed E-state index contributed by atoms with van der Waals surface area (Å²) in [6, 6.07) is 0. The van der Waals surface area contributed by atoms with E-state index in [1.54, 1.807) is 0 Å². The molecule has 0 aliphatic rings. The van der Waals surface area contributed by atoms with Gasteiger partial charge < -0.3 is 29.2 Å². The van der Waals surface area contributed by atoms with Crippen molar-refractivity contribution in [1.29, 1.82) is 0 Å². The number of rotatable bonds is 12. The average Bonchev–Trinajstić information content (AvgIpc) is 2.35. The van der Waals surface area contributed by atoms with Crippen LogP contribution in [0.4, 0.5) is 0 Å². The van der Waals surface area contributed by atoms with Crippen molar-refractivity contribution in [3.8, 4) is 0 Å². The molecule has 9 heteroatoms. The molecule has 0 spiro atoms. The monoisotopic (exact) mass is 669 g/mol. The van der Waals surface area contributed by atoms with Gasteiger partial charge >= 0.3 is 0 Å². The molecule has 0 saturated heterocycles. The SMILES string of the molecule is C.C.C.C.C.C.C=COCC(CO[CH2-])(CO[CH2-])COCCOC(C)(C)C.O.[Y].[Y].[Y]. The van der Waals surface area contributed by atoms with Crippen LogP contribution in [0.25, 0.3) is 0 Å². The molecule has 0 bridgehead atoms. The van der Waals surface area contributed by atoms with E-state index in [1.807, 2.05) is 20.8 Å². The van der Waals surface area contributed by atoms with Gasteiger partial charge in [-0.15, -0.1) is 0 Å². The van der Waals surface area contributed by atoms with Gasteiger partial charge in [-0.05, 0) is 20.8 Å². The Hall–Kier alpha value is 2.65. The van der Waals surface area contributed by atoms with Gasteiger partial charge in [0.05, 0.1) is 43.7 Å². The van der Waals surface area contributed by atoms with Crippen LogP contribution in [0.15, 0.2) is 12.8 Å². The van der Waals surface area contributed by atoms with E-state index in [0.717, 1.165) is 0 Å².